The number of benzene rings is 2. The van der Waals surface area contributed by atoms with E-state index < -0.39 is 0 Å². The Bertz CT molecular complexity index is 802. The molecule has 0 saturated heterocycles. The molecule has 0 saturated carbocycles. The first kappa shape index (κ1) is 19.0. The molecule has 6 heteroatoms. The van der Waals surface area contributed by atoms with Gasteiger partial charge in [0, 0.05) is 22.3 Å². The van der Waals surface area contributed by atoms with Gasteiger partial charge in [-0.15, -0.1) is 0 Å². The Labute approximate surface area is 156 Å². The molecule has 0 aliphatic rings. The van der Waals surface area contributed by atoms with Crippen LogP contribution in [0.4, 0.5) is 11.4 Å². The summed E-state index contributed by atoms with van der Waals surface area (Å²) >= 11 is 3.40. The minimum atomic E-state index is -0.0897. The zero-order chi connectivity index (χ0) is 18.4. The quantitative estimate of drug-likeness (QED) is 0.519. The van der Waals surface area contributed by atoms with E-state index in [1.165, 1.54) is 11.1 Å². The number of anilines is 2. The summed E-state index contributed by atoms with van der Waals surface area (Å²) in [6.07, 6.45) is 0.269. The van der Waals surface area contributed by atoms with Crippen molar-refractivity contribution in [2.24, 2.45) is 10.7 Å². The summed E-state index contributed by atoms with van der Waals surface area (Å²) in [6, 6.07) is 11.7. The molecule has 0 heterocycles. The second-order valence-electron chi connectivity index (χ2n) is 5.95. The maximum absolute atomic E-state index is 12.0. The number of aliphatic imine (C=N–C) groups is 1. The van der Waals surface area contributed by atoms with E-state index in [2.05, 4.69) is 38.5 Å². The molecule has 0 radical (unpaired) electrons. The van der Waals surface area contributed by atoms with Crippen LogP contribution in [0.1, 0.15) is 23.1 Å². The third kappa shape index (κ3) is 5.90. The first-order valence-corrected chi connectivity index (χ1v) is 8.84. The van der Waals surface area contributed by atoms with Crippen LogP contribution < -0.4 is 16.4 Å². The highest BCUT2D eigenvalue weighted by atomic mass is 79.9. The number of aryl methyl sites for hydroxylation is 3. The van der Waals surface area contributed by atoms with Crippen LogP contribution in [0.25, 0.3) is 0 Å². The summed E-state index contributed by atoms with van der Waals surface area (Å²) in [5.41, 5.74) is 11.0. The van der Waals surface area contributed by atoms with Crippen LogP contribution in [0.2, 0.25) is 0 Å². The minimum Gasteiger partial charge on any atom is -0.370 e. The minimum absolute atomic E-state index is 0.0897. The number of nitrogens with one attached hydrogen (secondary N) is 2. The summed E-state index contributed by atoms with van der Waals surface area (Å²) in [4.78, 5) is 16.2. The SMILES string of the molecule is Cc1ccc(NC(N)=NCCC(=O)Nc2ccc(Br)cc2C)cc1C. The molecule has 5 nitrogen and oxygen atoms in total. The normalized spacial score (nSPS) is 11.3. The predicted molar refractivity (Wildman–Crippen MR) is 108 cm³/mol. The molecule has 2 aromatic rings. The topological polar surface area (TPSA) is 79.5 Å². The monoisotopic (exact) mass is 402 g/mol. The standard InChI is InChI=1S/C19H23BrN4O/c1-12-4-6-16(11-13(12)2)23-19(21)22-9-8-18(25)24-17-7-5-15(20)10-14(17)3/h4-7,10-11H,8-9H2,1-3H3,(H,24,25)(H3,21,22,23). The van der Waals surface area contributed by atoms with Crippen LogP contribution in [0, 0.1) is 20.8 Å². The fraction of sp³-hybridized carbons (Fsp3) is 0.263. The van der Waals surface area contributed by atoms with Crippen molar-refractivity contribution in [2.45, 2.75) is 27.2 Å². The Kier molecular flexibility index (Phi) is 6.58. The van der Waals surface area contributed by atoms with Gasteiger partial charge in [0.05, 0.1) is 6.54 Å². The second kappa shape index (κ2) is 8.67. The first-order valence-electron chi connectivity index (χ1n) is 8.05. The molecule has 0 aliphatic carbocycles. The van der Waals surface area contributed by atoms with Gasteiger partial charge < -0.3 is 16.4 Å². The summed E-state index contributed by atoms with van der Waals surface area (Å²) < 4.78 is 0.984. The molecule has 0 aliphatic heterocycles. The number of carbonyl (C=O) groups is 1. The molecule has 2 aromatic carbocycles. The highest BCUT2D eigenvalue weighted by Crippen LogP contribution is 2.20. The third-order valence-corrected chi connectivity index (χ3v) is 4.36. The van der Waals surface area contributed by atoms with Crippen LogP contribution in [0.3, 0.4) is 0 Å². The van der Waals surface area contributed by atoms with Gasteiger partial charge in [-0.2, -0.15) is 0 Å². The molecular weight excluding hydrogens is 380 g/mol. The van der Waals surface area contributed by atoms with Gasteiger partial charge in [0.25, 0.3) is 0 Å². The van der Waals surface area contributed by atoms with Gasteiger partial charge in [-0.3, -0.25) is 9.79 Å². The number of nitrogens with two attached hydrogens (primary N) is 1. The van der Waals surface area contributed by atoms with E-state index in [9.17, 15) is 4.79 Å². The molecule has 0 spiro atoms. The number of hydrogen-bond acceptors (Lipinski definition) is 2. The van der Waals surface area contributed by atoms with Crippen LogP contribution >= 0.6 is 15.9 Å². The van der Waals surface area contributed by atoms with Crippen molar-refractivity contribution in [3.8, 4) is 0 Å². The Hall–Kier alpha value is -2.34. The second-order valence-corrected chi connectivity index (χ2v) is 6.86. The van der Waals surface area contributed by atoms with Crippen LogP contribution in [0.15, 0.2) is 45.9 Å². The summed E-state index contributed by atoms with van der Waals surface area (Å²) in [6.45, 7) is 6.37. The fourth-order valence-electron chi connectivity index (χ4n) is 2.26. The van der Waals surface area contributed by atoms with Crippen molar-refractivity contribution in [2.75, 3.05) is 17.2 Å². The lowest BCUT2D eigenvalue weighted by Crippen LogP contribution is -2.23. The van der Waals surface area contributed by atoms with Gasteiger partial charge >= 0.3 is 0 Å². The van der Waals surface area contributed by atoms with Gasteiger partial charge in [0.1, 0.15) is 0 Å². The van der Waals surface area contributed by atoms with E-state index in [-0.39, 0.29) is 12.3 Å². The highest BCUT2D eigenvalue weighted by molar-refractivity contribution is 9.10. The van der Waals surface area contributed by atoms with Crippen molar-refractivity contribution >= 4 is 39.2 Å². The number of hydrogen-bond donors (Lipinski definition) is 3. The molecule has 0 aromatic heterocycles. The number of rotatable bonds is 5. The summed E-state index contributed by atoms with van der Waals surface area (Å²) in [7, 11) is 0. The van der Waals surface area contributed by atoms with Crippen molar-refractivity contribution in [3.05, 3.63) is 57.6 Å². The van der Waals surface area contributed by atoms with Crippen molar-refractivity contribution in [3.63, 3.8) is 0 Å². The van der Waals surface area contributed by atoms with E-state index in [4.69, 9.17) is 5.73 Å². The number of halogens is 1. The molecule has 0 unspecified atom stereocenters. The van der Waals surface area contributed by atoms with E-state index in [1.807, 2.05) is 50.2 Å². The molecular formula is C19H23BrN4O. The maximum Gasteiger partial charge on any atom is 0.226 e. The molecule has 25 heavy (non-hydrogen) atoms. The lowest BCUT2D eigenvalue weighted by Gasteiger charge is -2.09. The first-order chi connectivity index (χ1) is 11.8. The number of guanidine groups is 1. The average Bonchev–Trinajstić information content (AvgIpc) is 2.54. The highest BCUT2D eigenvalue weighted by Gasteiger charge is 2.05. The molecule has 4 N–H and O–H groups in total. The van der Waals surface area contributed by atoms with Crippen molar-refractivity contribution < 1.29 is 4.79 Å². The fourth-order valence-corrected chi connectivity index (χ4v) is 2.74. The smallest absolute Gasteiger partial charge is 0.226 e. The van der Waals surface area contributed by atoms with E-state index >= 15 is 0 Å². The Balaban J connectivity index is 1.84. The van der Waals surface area contributed by atoms with Gasteiger partial charge in [-0.05, 0) is 67.8 Å². The third-order valence-electron chi connectivity index (χ3n) is 3.86. The van der Waals surface area contributed by atoms with E-state index in [1.54, 1.807) is 0 Å². The Morgan fingerprint density at radius 3 is 2.48 bits per heavy atom. The van der Waals surface area contributed by atoms with Crippen LogP contribution in [0.5, 0.6) is 0 Å². The largest absolute Gasteiger partial charge is 0.370 e. The number of carbonyl (C=O) groups excluding carboxylic acids is 1. The molecule has 2 rings (SSSR count). The number of nitrogens with zero attached hydrogens (tertiary/aromatic N) is 1. The van der Waals surface area contributed by atoms with E-state index in [0.29, 0.717) is 12.5 Å². The summed E-state index contributed by atoms with van der Waals surface area (Å²) in [5.74, 6) is 0.212. The molecule has 1 amide bonds. The Morgan fingerprint density at radius 2 is 1.80 bits per heavy atom. The number of amides is 1. The van der Waals surface area contributed by atoms with Crippen LogP contribution in [-0.4, -0.2) is 18.4 Å². The lowest BCUT2D eigenvalue weighted by molar-refractivity contribution is -0.116. The zero-order valence-electron chi connectivity index (χ0n) is 14.7. The van der Waals surface area contributed by atoms with Gasteiger partial charge in [0.2, 0.25) is 5.91 Å². The van der Waals surface area contributed by atoms with Crippen LogP contribution in [-0.2, 0) is 4.79 Å². The molecule has 0 atom stereocenters. The van der Waals surface area contributed by atoms with Gasteiger partial charge in [-0.1, -0.05) is 22.0 Å². The van der Waals surface area contributed by atoms with Crippen molar-refractivity contribution in [1.82, 2.24) is 0 Å². The van der Waals surface area contributed by atoms with Gasteiger partial charge in [0.15, 0.2) is 5.96 Å². The molecule has 0 bridgehead atoms. The average molecular weight is 403 g/mol. The predicted octanol–water partition coefficient (Wildman–Crippen LogP) is 4.13. The maximum atomic E-state index is 12.0. The molecule has 132 valence electrons. The van der Waals surface area contributed by atoms with E-state index in [0.717, 1.165) is 21.4 Å². The summed E-state index contributed by atoms with van der Waals surface area (Å²) in [5, 5.41) is 5.92. The zero-order valence-corrected chi connectivity index (χ0v) is 16.3. The van der Waals surface area contributed by atoms with Gasteiger partial charge in [-0.25, -0.2) is 0 Å². The molecule has 0 fully saturated rings. The van der Waals surface area contributed by atoms with Crippen molar-refractivity contribution in [1.29, 1.82) is 0 Å². The lowest BCUT2D eigenvalue weighted by atomic mass is 10.1. The Morgan fingerprint density at radius 1 is 1.04 bits per heavy atom.